The van der Waals surface area contributed by atoms with Gasteiger partial charge in [0.1, 0.15) is 0 Å². The maximum atomic E-state index is 11.7. The van der Waals surface area contributed by atoms with Crippen molar-refractivity contribution in [1.29, 1.82) is 0 Å². The van der Waals surface area contributed by atoms with E-state index in [-0.39, 0.29) is 6.04 Å². The van der Waals surface area contributed by atoms with Gasteiger partial charge >= 0.3 is 12.0 Å². The molecular formula is C16H19BrN2O4. The number of benzene rings is 1. The first-order valence-corrected chi connectivity index (χ1v) is 7.83. The first kappa shape index (κ1) is 18.9. The zero-order valence-corrected chi connectivity index (χ0v) is 14.7. The Morgan fingerprint density at radius 3 is 2.43 bits per heavy atom. The van der Waals surface area contributed by atoms with Crippen LogP contribution in [-0.4, -0.2) is 30.1 Å². The molecule has 1 atom stereocenters. The van der Waals surface area contributed by atoms with Gasteiger partial charge in [0.15, 0.2) is 6.10 Å². The van der Waals surface area contributed by atoms with E-state index in [1.165, 1.54) is 13.0 Å². The Morgan fingerprint density at radius 1 is 1.17 bits per heavy atom. The molecule has 0 heterocycles. The molecule has 0 unspecified atom stereocenters. The molecule has 0 saturated carbocycles. The van der Waals surface area contributed by atoms with Crippen LogP contribution in [0.15, 0.2) is 34.8 Å². The molecular weight excluding hydrogens is 364 g/mol. The fraction of sp³-hybridized carbons (Fsp3) is 0.312. The smallest absolute Gasteiger partial charge is 0.331 e. The summed E-state index contributed by atoms with van der Waals surface area (Å²) in [5.41, 5.74) is 0.804. The Morgan fingerprint density at radius 2 is 1.83 bits per heavy atom. The molecule has 0 radical (unpaired) electrons. The molecule has 1 aromatic rings. The Hall–Kier alpha value is -2.15. The number of hydrogen-bond donors (Lipinski definition) is 2. The van der Waals surface area contributed by atoms with Gasteiger partial charge in [-0.05, 0) is 38.5 Å². The van der Waals surface area contributed by atoms with Crippen molar-refractivity contribution < 1.29 is 19.1 Å². The molecule has 124 valence electrons. The minimum Gasteiger partial charge on any atom is -0.449 e. The van der Waals surface area contributed by atoms with E-state index in [9.17, 15) is 14.4 Å². The second-order valence-corrected chi connectivity index (χ2v) is 5.91. The highest BCUT2D eigenvalue weighted by atomic mass is 79.9. The molecule has 0 saturated heterocycles. The fourth-order valence-electron chi connectivity index (χ4n) is 1.55. The predicted molar refractivity (Wildman–Crippen MR) is 90.5 cm³/mol. The molecule has 6 nitrogen and oxygen atoms in total. The lowest BCUT2D eigenvalue weighted by atomic mass is 10.2. The van der Waals surface area contributed by atoms with Gasteiger partial charge in [-0.15, -0.1) is 0 Å². The molecule has 1 rings (SSSR count). The summed E-state index contributed by atoms with van der Waals surface area (Å²) < 4.78 is 5.78. The maximum absolute atomic E-state index is 11.7. The van der Waals surface area contributed by atoms with Gasteiger partial charge in [0.2, 0.25) is 0 Å². The highest BCUT2D eigenvalue weighted by Crippen LogP contribution is 2.17. The monoisotopic (exact) mass is 382 g/mol. The van der Waals surface area contributed by atoms with E-state index in [1.807, 2.05) is 24.3 Å². The lowest BCUT2D eigenvalue weighted by Crippen LogP contribution is -2.46. The summed E-state index contributed by atoms with van der Waals surface area (Å²) in [6.07, 6.45) is 1.71. The molecule has 23 heavy (non-hydrogen) atoms. The first-order chi connectivity index (χ1) is 10.8. The lowest BCUT2D eigenvalue weighted by molar-refractivity contribution is -0.149. The van der Waals surface area contributed by atoms with Gasteiger partial charge in [0.25, 0.3) is 5.91 Å². The van der Waals surface area contributed by atoms with Crippen LogP contribution in [0, 0.1) is 0 Å². The summed E-state index contributed by atoms with van der Waals surface area (Å²) in [6.45, 7) is 4.92. The van der Waals surface area contributed by atoms with Crippen molar-refractivity contribution >= 4 is 39.9 Å². The molecule has 0 aliphatic heterocycles. The summed E-state index contributed by atoms with van der Waals surface area (Å²) in [5.74, 6) is -1.36. The minimum atomic E-state index is -1.08. The third-order valence-corrected chi connectivity index (χ3v) is 3.35. The van der Waals surface area contributed by atoms with Crippen molar-refractivity contribution in [2.45, 2.75) is 32.9 Å². The molecule has 0 aromatic heterocycles. The SMILES string of the molecule is CC(C)NC(=O)NC(=O)[C@H](C)OC(=O)/C=C/c1ccccc1Br. The molecule has 7 heteroatoms. The molecule has 1 aromatic carbocycles. The van der Waals surface area contributed by atoms with Crippen molar-refractivity contribution in [1.82, 2.24) is 10.6 Å². The Kier molecular flexibility index (Phi) is 7.47. The quantitative estimate of drug-likeness (QED) is 0.605. The largest absolute Gasteiger partial charge is 0.449 e. The van der Waals surface area contributed by atoms with E-state index in [1.54, 1.807) is 19.9 Å². The third kappa shape index (κ3) is 7.10. The number of carbonyl (C=O) groups excluding carboxylic acids is 3. The van der Waals surface area contributed by atoms with Gasteiger partial charge in [-0.3, -0.25) is 10.1 Å². The van der Waals surface area contributed by atoms with Crippen molar-refractivity contribution in [3.05, 3.63) is 40.4 Å². The second kappa shape index (κ2) is 9.09. The summed E-state index contributed by atoms with van der Waals surface area (Å²) >= 11 is 3.36. The van der Waals surface area contributed by atoms with Crippen LogP contribution in [0.3, 0.4) is 0 Å². The Bertz CT molecular complexity index is 614. The summed E-state index contributed by atoms with van der Waals surface area (Å²) in [6, 6.07) is 6.62. The number of urea groups is 1. The van der Waals surface area contributed by atoms with Crippen LogP contribution >= 0.6 is 15.9 Å². The van der Waals surface area contributed by atoms with E-state index in [2.05, 4.69) is 26.6 Å². The van der Waals surface area contributed by atoms with Crippen LogP contribution in [0.25, 0.3) is 6.08 Å². The number of hydrogen-bond acceptors (Lipinski definition) is 4. The van der Waals surface area contributed by atoms with E-state index < -0.39 is 24.0 Å². The number of nitrogens with one attached hydrogen (secondary N) is 2. The van der Waals surface area contributed by atoms with Crippen LogP contribution in [0.4, 0.5) is 4.79 Å². The van der Waals surface area contributed by atoms with E-state index >= 15 is 0 Å². The van der Waals surface area contributed by atoms with Gasteiger partial charge in [0.05, 0.1) is 0 Å². The van der Waals surface area contributed by atoms with Gasteiger partial charge in [-0.25, -0.2) is 9.59 Å². The van der Waals surface area contributed by atoms with Crippen molar-refractivity contribution in [3.63, 3.8) is 0 Å². The topological polar surface area (TPSA) is 84.5 Å². The fourth-order valence-corrected chi connectivity index (χ4v) is 1.96. The standard InChI is InChI=1S/C16H19BrN2O4/c1-10(2)18-16(22)19-15(21)11(3)23-14(20)9-8-12-6-4-5-7-13(12)17/h4-11H,1-3H3,(H2,18,19,21,22)/b9-8+/t11-/m0/s1. The second-order valence-electron chi connectivity index (χ2n) is 5.05. The van der Waals surface area contributed by atoms with Crippen LogP contribution in [-0.2, 0) is 14.3 Å². The van der Waals surface area contributed by atoms with Gasteiger partial charge in [-0.2, -0.15) is 0 Å². The normalized spacial score (nSPS) is 12.0. The molecule has 0 bridgehead atoms. The Labute approximate surface area is 143 Å². The maximum Gasteiger partial charge on any atom is 0.331 e. The molecule has 0 aliphatic carbocycles. The minimum absolute atomic E-state index is 0.104. The average Bonchev–Trinajstić information content (AvgIpc) is 2.45. The highest BCUT2D eigenvalue weighted by molar-refractivity contribution is 9.10. The van der Waals surface area contributed by atoms with Crippen molar-refractivity contribution in [3.8, 4) is 0 Å². The number of rotatable bonds is 5. The van der Waals surface area contributed by atoms with Crippen LogP contribution in [0.2, 0.25) is 0 Å². The number of amides is 3. The number of ether oxygens (including phenoxy) is 1. The third-order valence-electron chi connectivity index (χ3n) is 2.62. The zero-order chi connectivity index (χ0) is 17.4. The van der Waals surface area contributed by atoms with Gasteiger partial charge < -0.3 is 10.1 Å². The summed E-state index contributed by atoms with van der Waals surface area (Å²) in [7, 11) is 0. The highest BCUT2D eigenvalue weighted by Gasteiger charge is 2.19. The van der Waals surface area contributed by atoms with Crippen molar-refractivity contribution in [2.24, 2.45) is 0 Å². The number of carbonyl (C=O) groups is 3. The van der Waals surface area contributed by atoms with Gasteiger partial charge in [0, 0.05) is 16.6 Å². The average molecular weight is 383 g/mol. The van der Waals surface area contributed by atoms with Crippen LogP contribution in [0.1, 0.15) is 26.3 Å². The van der Waals surface area contributed by atoms with Crippen LogP contribution in [0.5, 0.6) is 0 Å². The predicted octanol–water partition coefficient (Wildman–Crippen LogP) is 2.63. The molecule has 0 spiro atoms. The van der Waals surface area contributed by atoms with Crippen molar-refractivity contribution in [2.75, 3.05) is 0 Å². The van der Waals surface area contributed by atoms with E-state index in [0.717, 1.165) is 10.0 Å². The first-order valence-electron chi connectivity index (χ1n) is 7.04. The summed E-state index contributed by atoms with van der Waals surface area (Å²) in [5, 5.41) is 4.61. The number of imide groups is 1. The lowest BCUT2D eigenvalue weighted by Gasteiger charge is -2.13. The van der Waals surface area contributed by atoms with Crippen LogP contribution < -0.4 is 10.6 Å². The Balaban J connectivity index is 2.51. The molecule has 0 fully saturated rings. The van der Waals surface area contributed by atoms with E-state index in [0.29, 0.717) is 0 Å². The zero-order valence-electron chi connectivity index (χ0n) is 13.1. The number of esters is 1. The molecule has 0 aliphatic rings. The molecule has 2 N–H and O–H groups in total. The molecule has 3 amide bonds. The summed E-state index contributed by atoms with van der Waals surface area (Å²) in [4.78, 5) is 34.8. The van der Waals surface area contributed by atoms with E-state index in [4.69, 9.17) is 4.74 Å². The number of halogens is 1. The van der Waals surface area contributed by atoms with Gasteiger partial charge in [-0.1, -0.05) is 34.1 Å².